The topological polar surface area (TPSA) is 0 Å². The highest BCUT2D eigenvalue weighted by molar-refractivity contribution is 8.04. The third-order valence-corrected chi connectivity index (χ3v) is 7.30. The molecule has 0 aliphatic heterocycles. The number of hydrogen-bond donors (Lipinski definition) is 0. The monoisotopic (exact) mass is 250 g/mol. The molecule has 0 N–H and O–H groups in total. The molecule has 2 heteroatoms. The Kier molecular flexibility index (Phi) is 5.36. The van der Waals surface area contributed by atoms with E-state index in [0.29, 0.717) is 0 Å². The van der Waals surface area contributed by atoms with Crippen LogP contribution < -0.4 is 0 Å². The third kappa shape index (κ3) is 4.58. The van der Waals surface area contributed by atoms with E-state index in [-0.39, 0.29) is 0 Å². The molecule has 0 saturated carbocycles. The van der Waals surface area contributed by atoms with Crippen molar-refractivity contribution in [2.75, 3.05) is 6.26 Å². The fourth-order valence-corrected chi connectivity index (χ4v) is 5.20. The molecule has 0 aliphatic carbocycles. The van der Waals surface area contributed by atoms with Gasteiger partial charge in [-0.3, -0.25) is 0 Å². The summed E-state index contributed by atoms with van der Waals surface area (Å²) in [4.78, 5) is 0. The van der Waals surface area contributed by atoms with Gasteiger partial charge in [-0.15, -0.1) is 11.8 Å². The molecule has 16 heavy (non-hydrogen) atoms. The van der Waals surface area contributed by atoms with Gasteiger partial charge in [-0.25, -0.2) is 0 Å². The van der Waals surface area contributed by atoms with Gasteiger partial charge in [-0.05, 0) is 29.2 Å². The molecule has 0 radical (unpaired) electrons. The van der Waals surface area contributed by atoms with E-state index >= 15 is 0 Å². The molecule has 0 heterocycles. The lowest BCUT2D eigenvalue weighted by atomic mass is 10.1. The average molecular weight is 250 g/mol. The molecule has 0 fully saturated rings. The molecule has 0 spiro atoms. The fourth-order valence-electron chi connectivity index (χ4n) is 1.71. The number of hydrogen-bond acceptors (Lipinski definition) is 1. The first kappa shape index (κ1) is 13.6. The van der Waals surface area contributed by atoms with Crippen molar-refractivity contribution < 1.29 is 0 Å². The summed E-state index contributed by atoms with van der Waals surface area (Å²) in [5.74, 6) is 0. The van der Waals surface area contributed by atoms with Crippen LogP contribution in [0.3, 0.4) is 0 Å². The Bertz CT molecular complexity index is 336. The molecule has 0 atom stereocenters. The maximum Gasteiger partial charge on any atom is 0.0853 e. The lowest BCUT2D eigenvalue weighted by Crippen LogP contribution is -2.21. The van der Waals surface area contributed by atoms with E-state index in [4.69, 9.17) is 0 Å². The first-order chi connectivity index (χ1) is 7.54. The Morgan fingerprint density at radius 3 is 2.31 bits per heavy atom. The summed E-state index contributed by atoms with van der Waals surface area (Å²) >= 11 is 1.93. The van der Waals surface area contributed by atoms with Crippen LogP contribution >= 0.6 is 11.8 Å². The summed E-state index contributed by atoms with van der Waals surface area (Å²) in [6.45, 7) is 7.24. The van der Waals surface area contributed by atoms with E-state index in [1.807, 2.05) is 11.8 Å². The van der Waals surface area contributed by atoms with Crippen molar-refractivity contribution in [2.45, 2.75) is 32.5 Å². The van der Waals surface area contributed by atoms with Gasteiger partial charge in [0.25, 0.3) is 0 Å². The first-order valence-electron chi connectivity index (χ1n) is 5.82. The van der Waals surface area contributed by atoms with Crippen LogP contribution in [0, 0.1) is 0 Å². The maximum absolute atomic E-state index is 2.45. The second-order valence-electron chi connectivity index (χ2n) is 5.05. The fraction of sp³-hybridized carbons (Fsp3) is 0.429. The third-order valence-electron chi connectivity index (χ3n) is 2.56. The molecule has 0 nitrogen and oxygen atoms in total. The largest absolute Gasteiger partial charge is 0.139 e. The zero-order chi connectivity index (χ0) is 12.0. The summed E-state index contributed by atoms with van der Waals surface area (Å²) < 4.78 is 1.63. The van der Waals surface area contributed by atoms with Gasteiger partial charge in [0.15, 0.2) is 0 Å². The van der Waals surface area contributed by atoms with Gasteiger partial charge >= 0.3 is 0 Å². The van der Waals surface area contributed by atoms with Crippen LogP contribution in [0.1, 0.15) is 12.0 Å². The van der Waals surface area contributed by atoms with E-state index in [9.17, 15) is 0 Å². The van der Waals surface area contributed by atoms with Gasteiger partial charge in [-0.1, -0.05) is 56.0 Å². The molecular formula is C14H22SSi. The molecule has 0 saturated heterocycles. The Hall–Kier alpha value is -0.473. The summed E-state index contributed by atoms with van der Waals surface area (Å²) in [6.07, 6.45) is 6.98. The molecule has 0 unspecified atom stereocenters. The van der Waals surface area contributed by atoms with E-state index in [1.54, 1.807) is 4.53 Å². The molecule has 0 amide bonds. The van der Waals surface area contributed by atoms with Crippen molar-refractivity contribution in [3.05, 3.63) is 46.5 Å². The van der Waals surface area contributed by atoms with E-state index in [1.165, 1.54) is 12.0 Å². The van der Waals surface area contributed by atoms with Gasteiger partial charge < -0.3 is 0 Å². The van der Waals surface area contributed by atoms with Gasteiger partial charge in [0.1, 0.15) is 0 Å². The Balaban J connectivity index is 2.53. The first-order valence-corrected chi connectivity index (χ1v) is 10.5. The number of benzene rings is 1. The highest BCUT2D eigenvalue weighted by atomic mass is 32.2. The van der Waals surface area contributed by atoms with Crippen LogP contribution in [0.5, 0.6) is 0 Å². The smallest absolute Gasteiger partial charge is 0.0853 e. The van der Waals surface area contributed by atoms with Gasteiger partial charge in [-0.2, -0.15) is 0 Å². The van der Waals surface area contributed by atoms with Crippen molar-refractivity contribution >= 4 is 19.8 Å². The molecular weight excluding hydrogens is 228 g/mol. The summed E-state index contributed by atoms with van der Waals surface area (Å²) in [5.41, 5.74) is 1.44. The molecule has 1 aromatic carbocycles. The van der Waals surface area contributed by atoms with Crippen LogP contribution in [0.25, 0.3) is 0 Å². The molecule has 0 bridgehead atoms. The Labute approximate surface area is 105 Å². The standard InChI is InChI=1S/C14H22SSi/c1-15-14(16(2,3)4)12-8-11-13-9-6-5-7-10-13/h5-7,9-10,12H,8,11H2,1-4H3/b14-12-. The predicted molar refractivity (Wildman–Crippen MR) is 79.7 cm³/mol. The quantitative estimate of drug-likeness (QED) is 0.680. The average Bonchev–Trinajstić information content (AvgIpc) is 2.24. The van der Waals surface area contributed by atoms with Gasteiger partial charge in [0.05, 0.1) is 8.07 Å². The van der Waals surface area contributed by atoms with Crippen LogP contribution in [0.15, 0.2) is 40.9 Å². The summed E-state index contributed by atoms with van der Waals surface area (Å²) in [7, 11) is -1.10. The Morgan fingerprint density at radius 1 is 1.19 bits per heavy atom. The molecule has 1 rings (SSSR count). The maximum atomic E-state index is 2.45. The number of aryl methyl sites for hydroxylation is 1. The van der Waals surface area contributed by atoms with Crippen LogP contribution in [-0.2, 0) is 6.42 Å². The van der Waals surface area contributed by atoms with Crippen LogP contribution in [0.2, 0.25) is 19.6 Å². The van der Waals surface area contributed by atoms with E-state index in [2.05, 4.69) is 62.3 Å². The Morgan fingerprint density at radius 2 is 1.81 bits per heavy atom. The minimum atomic E-state index is -1.10. The van der Waals surface area contributed by atoms with Crippen molar-refractivity contribution in [3.63, 3.8) is 0 Å². The van der Waals surface area contributed by atoms with Gasteiger partial charge in [0.2, 0.25) is 0 Å². The highest BCUT2D eigenvalue weighted by Crippen LogP contribution is 2.25. The molecule has 0 aromatic heterocycles. The zero-order valence-corrected chi connectivity index (χ0v) is 12.6. The second kappa shape index (κ2) is 6.31. The van der Waals surface area contributed by atoms with Crippen molar-refractivity contribution in [1.29, 1.82) is 0 Å². The van der Waals surface area contributed by atoms with E-state index in [0.717, 1.165) is 6.42 Å². The van der Waals surface area contributed by atoms with Crippen LogP contribution in [0.4, 0.5) is 0 Å². The van der Waals surface area contributed by atoms with Crippen molar-refractivity contribution in [1.82, 2.24) is 0 Å². The predicted octanol–water partition coefficient (Wildman–Crippen LogP) is 4.74. The second-order valence-corrected chi connectivity index (χ2v) is 11.3. The van der Waals surface area contributed by atoms with Crippen molar-refractivity contribution in [3.8, 4) is 0 Å². The van der Waals surface area contributed by atoms with Crippen molar-refractivity contribution in [2.24, 2.45) is 0 Å². The lowest BCUT2D eigenvalue weighted by molar-refractivity contribution is 1.00. The van der Waals surface area contributed by atoms with E-state index < -0.39 is 8.07 Å². The lowest BCUT2D eigenvalue weighted by Gasteiger charge is -2.18. The summed E-state index contributed by atoms with van der Waals surface area (Å²) in [5, 5.41) is 0. The summed E-state index contributed by atoms with van der Waals surface area (Å²) in [6, 6.07) is 10.7. The molecule has 1 aromatic rings. The molecule has 88 valence electrons. The minimum Gasteiger partial charge on any atom is -0.139 e. The normalized spacial score (nSPS) is 12.9. The van der Waals surface area contributed by atoms with Crippen LogP contribution in [-0.4, -0.2) is 14.3 Å². The zero-order valence-electron chi connectivity index (χ0n) is 10.8. The van der Waals surface area contributed by atoms with Gasteiger partial charge in [0, 0.05) is 0 Å². The highest BCUT2D eigenvalue weighted by Gasteiger charge is 2.17. The minimum absolute atomic E-state index is 1.10. The number of rotatable bonds is 5. The number of thioether (sulfide) groups is 1. The SMILES string of the molecule is CS/C(=C/CCc1ccccc1)[Si](C)(C)C. The molecule has 0 aliphatic rings. The number of allylic oxidation sites excluding steroid dienone is 1.